The number of nitrogens with two attached hydrogens (primary N) is 1. The van der Waals surface area contributed by atoms with E-state index < -0.39 is 11.5 Å². The fourth-order valence-electron chi connectivity index (χ4n) is 9.23. The molecular weight excluding hydrogens is 682 g/mol. The smallest absolute Gasteiger partial charge is 0.328 e. The molecule has 1 atom stereocenters. The summed E-state index contributed by atoms with van der Waals surface area (Å²) in [5.74, 6) is 0.154. The Morgan fingerprint density at radius 3 is 2.41 bits per heavy atom. The molecule has 4 saturated heterocycles. The molecule has 8 rings (SSSR count). The number of carbonyl (C=O) groups excluding carboxylic acids is 2. The Labute approximate surface area is 315 Å². The molecule has 280 valence electrons. The molecule has 12 heteroatoms. The van der Waals surface area contributed by atoms with Gasteiger partial charge in [0.1, 0.15) is 17.6 Å². The number of imide groups is 1. The first-order chi connectivity index (χ1) is 26.3. The summed E-state index contributed by atoms with van der Waals surface area (Å²) < 4.78 is 16.8. The van der Waals surface area contributed by atoms with E-state index in [2.05, 4.69) is 67.2 Å². The molecule has 4 aromatic rings. The number of halogens is 1. The lowest BCUT2D eigenvalue weighted by Crippen LogP contribution is -2.49. The van der Waals surface area contributed by atoms with Crippen molar-refractivity contribution in [3.8, 4) is 6.07 Å². The van der Waals surface area contributed by atoms with Gasteiger partial charge in [-0.1, -0.05) is 18.2 Å². The molecule has 3 amide bonds. The van der Waals surface area contributed by atoms with Crippen LogP contribution in [0.25, 0.3) is 10.9 Å². The van der Waals surface area contributed by atoms with Crippen molar-refractivity contribution in [3.05, 3.63) is 83.8 Å². The molecule has 4 aliphatic rings. The van der Waals surface area contributed by atoms with Crippen LogP contribution in [0.3, 0.4) is 0 Å². The van der Waals surface area contributed by atoms with Gasteiger partial charge in [-0.25, -0.2) is 9.18 Å². The minimum atomic E-state index is -0.636. The van der Waals surface area contributed by atoms with Crippen molar-refractivity contribution in [2.75, 3.05) is 72.8 Å². The van der Waals surface area contributed by atoms with Crippen molar-refractivity contribution in [1.82, 2.24) is 14.8 Å². The zero-order valence-electron chi connectivity index (χ0n) is 30.6. The third-order valence-electron chi connectivity index (χ3n) is 12.2. The van der Waals surface area contributed by atoms with Crippen LogP contribution in [0, 0.1) is 28.5 Å². The molecule has 54 heavy (non-hydrogen) atoms. The first-order valence-electron chi connectivity index (χ1n) is 19.4. The van der Waals surface area contributed by atoms with Crippen molar-refractivity contribution in [2.24, 2.45) is 5.92 Å². The monoisotopic (exact) mass is 729 g/mol. The van der Waals surface area contributed by atoms with E-state index in [0.717, 1.165) is 88.1 Å². The minimum absolute atomic E-state index is 0.111. The van der Waals surface area contributed by atoms with E-state index in [1.54, 1.807) is 17.0 Å². The summed E-state index contributed by atoms with van der Waals surface area (Å²) in [6, 6.07) is 22.0. The van der Waals surface area contributed by atoms with Gasteiger partial charge in [0.05, 0.1) is 28.1 Å². The standard InChI is InChI=1S/C42H48FN9O2/c43-34-10-11-38(41(46)40(34)35(45)25-44)50-18-2-3-30(27-50)29-6-8-31(9-7-29)49-21-12-28(13-22-49)26-48-19-14-32(15-20-48)51-23-16-33-36(51)4-1-5-37(33)52-24-17-39(53)47-42(52)54/h1,4-11,16,23,28,30,32,45H,2-3,12-15,17-22,24,26-27,46H2,(H,47,53,54)/t30-/m1/s1. The third-order valence-corrected chi connectivity index (χ3v) is 12.2. The highest BCUT2D eigenvalue weighted by Crippen LogP contribution is 2.37. The molecule has 1 aromatic heterocycles. The largest absolute Gasteiger partial charge is 0.396 e. The number of hydrogen-bond acceptors (Lipinski definition) is 8. The van der Waals surface area contributed by atoms with Gasteiger partial charge in [-0.15, -0.1) is 0 Å². The minimum Gasteiger partial charge on any atom is -0.396 e. The molecule has 4 fully saturated rings. The van der Waals surface area contributed by atoms with E-state index in [0.29, 0.717) is 36.5 Å². The Bertz CT molecular complexity index is 2090. The normalized spacial score (nSPS) is 20.7. The number of piperidine rings is 3. The van der Waals surface area contributed by atoms with E-state index in [1.807, 2.05) is 12.1 Å². The van der Waals surface area contributed by atoms with E-state index >= 15 is 0 Å². The number of benzene rings is 3. The third kappa shape index (κ3) is 7.00. The number of aromatic nitrogens is 1. The lowest BCUT2D eigenvalue weighted by molar-refractivity contribution is -0.120. The van der Waals surface area contributed by atoms with Crippen LogP contribution in [0.2, 0.25) is 0 Å². The fourth-order valence-corrected chi connectivity index (χ4v) is 9.23. The van der Waals surface area contributed by atoms with Gasteiger partial charge < -0.3 is 25.0 Å². The van der Waals surface area contributed by atoms with Crippen LogP contribution in [0.5, 0.6) is 0 Å². The van der Waals surface area contributed by atoms with Crippen molar-refractivity contribution in [1.29, 1.82) is 10.7 Å². The van der Waals surface area contributed by atoms with Crippen LogP contribution in [-0.4, -0.2) is 79.5 Å². The molecule has 0 bridgehead atoms. The van der Waals surface area contributed by atoms with Gasteiger partial charge in [0.2, 0.25) is 5.91 Å². The molecule has 0 aliphatic carbocycles. The number of amides is 3. The fraction of sp³-hybridized carbons (Fsp3) is 0.429. The molecule has 0 unspecified atom stereocenters. The van der Waals surface area contributed by atoms with Gasteiger partial charge in [-0.05, 0) is 92.5 Å². The number of nitriles is 1. The Balaban J connectivity index is 0.821. The Morgan fingerprint density at radius 2 is 1.67 bits per heavy atom. The number of rotatable bonds is 8. The van der Waals surface area contributed by atoms with Gasteiger partial charge >= 0.3 is 6.03 Å². The highest BCUT2D eigenvalue weighted by atomic mass is 19.1. The van der Waals surface area contributed by atoms with Crippen LogP contribution < -0.4 is 25.8 Å². The number of anilines is 4. The van der Waals surface area contributed by atoms with Crippen LogP contribution in [0.4, 0.5) is 31.9 Å². The quantitative estimate of drug-likeness (QED) is 0.137. The summed E-state index contributed by atoms with van der Waals surface area (Å²) in [7, 11) is 0. The number of carbonyl (C=O) groups is 2. The van der Waals surface area contributed by atoms with E-state index in [-0.39, 0.29) is 23.2 Å². The van der Waals surface area contributed by atoms with Crippen LogP contribution in [0.1, 0.15) is 68.0 Å². The molecule has 0 saturated carbocycles. The number of nitrogen functional groups attached to an aromatic ring is 1. The molecule has 4 N–H and O–H groups in total. The molecule has 4 aliphatic heterocycles. The highest BCUT2D eigenvalue weighted by molar-refractivity contribution is 6.14. The molecule has 0 radical (unpaired) electrons. The van der Waals surface area contributed by atoms with Gasteiger partial charge in [0.15, 0.2) is 0 Å². The summed E-state index contributed by atoms with van der Waals surface area (Å²) >= 11 is 0. The molecule has 3 aromatic carbocycles. The lowest BCUT2D eigenvalue weighted by Gasteiger charge is -2.39. The maximum absolute atomic E-state index is 14.4. The maximum atomic E-state index is 14.4. The van der Waals surface area contributed by atoms with Crippen LogP contribution >= 0.6 is 0 Å². The second kappa shape index (κ2) is 15.1. The van der Waals surface area contributed by atoms with Gasteiger partial charge in [-0.3, -0.25) is 20.4 Å². The van der Waals surface area contributed by atoms with Gasteiger partial charge in [0.25, 0.3) is 0 Å². The summed E-state index contributed by atoms with van der Waals surface area (Å²) in [6.45, 7) is 7.38. The van der Waals surface area contributed by atoms with E-state index in [4.69, 9.17) is 11.1 Å². The van der Waals surface area contributed by atoms with Gasteiger partial charge in [-0.2, -0.15) is 5.26 Å². The predicted octanol–water partition coefficient (Wildman–Crippen LogP) is 6.64. The average Bonchev–Trinajstić information content (AvgIpc) is 3.63. The Hall–Kier alpha value is -5.41. The number of hydrogen-bond donors (Lipinski definition) is 3. The van der Waals surface area contributed by atoms with Crippen LogP contribution in [0.15, 0.2) is 66.9 Å². The molecule has 11 nitrogen and oxygen atoms in total. The van der Waals surface area contributed by atoms with Crippen molar-refractivity contribution in [2.45, 2.75) is 56.9 Å². The number of urea groups is 1. The number of fused-ring (bicyclic) bond motifs is 1. The topological polar surface area (TPSA) is 138 Å². The molecular formula is C42H48FN9O2. The summed E-state index contributed by atoms with van der Waals surface area (Å²) in [5.41, 5.74) is 11.2. The number of likely N-dealkylation sites (tertiary alicyclic amines) is 1. The Morgan fingerprint density at radius 1 is 0.889 bits per heavy atom. The SMILES string of the molecule is N#CC(=N)c1c(F)ccc(N2CCC[C@@H](c3ccc(N4CCC(CN5CCC(n6ccc7c(N8CCC(=O)NC8=O)cccc76)CC5)CC4)cc3)C2)c1N. The van der Waals surface area contributed by atoms with E-state index in [9.17, 15) is 19.2 Å². The first kappa shape index (κ1) is 35.6. The number of nitrogens with zero attached hydrogens (tertiary/aromatic N) is 6. The summed E-state index contributed by atoms with van der Waals surface area (Å²) in [6.07, 6.45) is 9.09. The van der Waals surface area contributed by atoms with Crippen molar-refractivity contribution in [3.63, 3.8) is 0 Å². The Kier molecular flexibility index (Phi) is 9.99. The maximum Gasteiger partial charge on any atom is 0.328 e. The average molecular weight is 730 g/mol. The highest BCUT2D eigenvalue weighted by Gasteiger charge is 2.30. The van der Waals surface area contributed by atoms with Crippen molar-refractivity contribution >= 4 is 51.3 Å². The predicted molar refractivity (Wildman–Crippen MR) is 211 cm³/mol. The second-order valence-electron chi connectivity index (χ2n) is 15.4. The molecule has 5 heterocycles. The van der Waals surface area contributed by atoms with Gasteiger partial charge in [0, 0.05) is 88.0 Å². The number of nitrogens with one attached hydrogen (secondary N) is 2. The lowest BCUT2D eigenvalue weighted by atomic mass is 9.89. The molecule has 0 spiro atoms. The first-order valence-corrected chi connectivity index (χ1v) is 19.4. The second-order valence-corrected chi connectivity index (χ2v) is 15.4. The summed E-state index contributed by atoms with van der Waals surface area (Å²) in [4.78, 5) is 33.3. The van der Waals surface area contributed by atoms with Crippen LogP contribution in [-0.2, 0) is 4.79 Å². The zero-order valence-corrected chi connectivity index (χ0v) is 30.6. The van der Waals surface area contributed by atoms with E-state index in [1.165, 1.54) is 30.2 Å². The van der Waals surface area contributed by atoms with Crippen molar-refractivity contribution < 1.29 is 14.0 Å². The summed E-state index contributed by atoms with van der Waals surface area (Å²) in [5, 5.41) is 20.6. The zero-order chi connectivity index (χ0) is 37.3.